The molecule has 0 aliphatic heterocycles. The molecule has 0 saturated carbocycles. The second-order valence-corrected chi connectivity index (χ2v) is 11.6. The molecule has 1 unspecified atom stereocenters. The van der Waals surface area contributed by atoms with Crippen molar-refractivity contribution in [2.45, 2.75) is 62.9 Å². The van der Waals surface area contributed by atoms with Gasteiger partial charge in [0, 0.05) is 35.8 Å². The van der Waals surface area contributed by atoms with Gasteiger partial charge in [-0.1, -0.05) is 50.8 Å². The van der Waals surface area contributed by atoms with Crippen molar-refractivity contribution < 1.29 is 17.9 Å². The molecule has 1 atom stereocenters. The molecule has 4 aromatic rings. The maximum absolute atomic E-state index is 12.9. The molecule has 8 nitrogen and oxygen atoms in total. The first-order valence-corrected chi connectivity index (χ1v) is 15.4. The summed E-state index contributed by atoms with van der Waals surface area (Å²) < 4.78 is 34.1. The van der Waals surface area contributed by atoms with Crippen molar-refractivity contribution >= 4 is 15.7 Å². The lowest BCUT2D eigenvalue weighted by atomic mass is 10.1. The molecule has 40 heavy (non-hydrogen) atoms. The topological polar surface area (TPSA) is 117 Å². The van der Waals surface area contributed by atoms with E-state index in [1.807, 2.05) is 18.2 Å². The Morgan fingerprint density at radius 2 is 1.73 bits per heavy atom. The summed E-state index contributed by atoms with van der Waals surface area (Å²) in [7, 11) is -3.74. The Balaban J connectivity index is 1.24. The zero-order valence-electron chi connectivity index (χ0n) is 22.9. The minimum Gasteiger partial charge on any atom is -0.444 e. The number of nitrogens with zero attached hydrogens (tertiary/aromatic N) is 2. The molecule has 0 spiro atoms. The molecule has 0 bridgehead atoms. The van der Waals surface area contributed by atoms with Crippen molar-refractivity contribution in [2.24, 2.45) is 0 Å². The van der Waals surface area contributed by atoms with Gasteiger partial charge >= 0.3 is 0 Å². The molecular weight excluding hydrogens is 524 g/mol. The maximum Gasteiger partial charge on any atom is 0.261 e. The minimum absolute atomic E-state index is 0.166. The van der Waals surface area contributed by atoms with Gasteiger partial charge in [0.25, 0.3) is 10.0 Å². The van der Waals surface area contributed by atoms with Gasteiger partial charge in [0.1, 0.15) is 6.26 Å². The van der Waals surface area contributed by atoms with Crippen LogP contribution >= 0.6 is 0 Å². The highest BCUT2D eigenvalue weighted by Crippen LogP contribution is 2.23. The van der Waals surface area contributed by atoms with E-state index in [0.29, 0.717) is 24.7 Å². The van der Waals surface area contributed by atoms with E-state index < -0.39 is 16.1 Å². The predicted molar refractivity (Wildman–Crippen MR) is 157 cm³/mol. The van der Waals surface area contributed by atoms with E-state index in [4.69, 9.17) is 4.42 Å². The SMILES string of the molecule is CCCCCCCc1coc(-c2ccc(S(=O)(=O)Nc3ccc(CCNCC(O)c4cccnc4)cc3)cc2)n1. The first kappa shape index (κ1) is 29.5. The second kappa shape index (κ2) is 14.7. The molecule has 212 valence electrons. The van der Waals surface area contributed by atoms with Gasteiger partial charge in [0.2, 0.25) is 5.89 Å². The lowest BCUT2D eigenvalue weighted by Crippen LogP contribution is -2.23. The number of rotatable bonds is 16. The van der Waals surface area contributed by atoms with Crippen molar-refractivity contribution in [1.82, 2.24) is 15.3 Å². The van der Waals surface area contributed by atoms with Gasteiger partial charge in [-0.3, -0.25) is 9.71 Å². The summed E-state index contributed by atoms with van der Waals surface area (Å²) in [6, 6.07) is 17.5. The summed E-state index contributed by atoms with van der Waals surface area (Å²) >= 11 is 0. The number of aromatic nitrogens is 2. The van der Waals surface area contributed by atoms with E-state index in [9.17, 15) is 13.5 Å². The summed E-state index contributed by atoms with van der Waals surface area (Å²) in [5, 5.41) is 13.4. The molecule has 0 amide bonds. The fraction of sp³-hybridized carbons (Fsp3) is 0.355. The number of aliphatic hydroxyl groups excluding tert-OH is 1. The van der Waals surface area contributed by atoms with Gasteiger partial charge in [0.15, 0.2) is 0 Å². The predicted octanol–water partition coefficient (Wildman–Crippen LogP) is 5.92. The number of hydrogen-bond donors (Lipinski definition) is 3. The quantitative estimate of drug-likeness (QED) is 0.145. The summed E-state index contributed by atoms with van der Waals surface area (Å²) in [5.41, 5.74) is 3.98. The number of anilines is 1. The van der Waals surface area contributed by atoms with Crippen LogP contribution in [0.15, 0.2) is 88.6 Å². The van der Waals surface area contributed by atoms with Crippen LogP contribution in [0, 0.1) is 0 Å². The van der Waals surface area contributed by atoms with E-state index in [2.05, 4.69) is 26.9 Å². The zero-order valence-corrected chi connectivity index (χ0v) is 23.7. The van der Waals surface area contributed by atoms with Crippen LogP contribution in [0.1, 0.15) is 62.0 Å². The Morgan fingerprint density at radius 3 is 2.45 bits per heavy atom. The van der Waals surface area contributed by atoms with Crippen molar-refractivity contribution in [1.29, 1.82) is 0 Å². The molecule has 2 aromatic heterocycles. The summed E-state index contributed by atoms with van der Waals surface area (Å²) in [6.07, 6.45) is 12.0. The van der Waals surface area contributed by atoms with Gasteiger partial charge < -0.3 is 14.8 Å². The standard InChI is InChI=1S/C31H38N4O4S/c1-2-3-4-5-6-9-28-23-39-31(34-28)25-12-16-29(17-13-25)40(37,38)35-27-14-10-24(11-15-27)18-20-33-22-30(36)26-8-7-19-32-21-26/h7-8,10-17,19,21,23,30,33,35-36H,2-6,9,18,20,22H2,1H3. The Labute approximate surface area is 237 Å². The fourth-order valence-corrected chi connectivity index (χ4v) is 5.42. The van der Waals surface area contributed by atoms with Crippen molar-refractivity contribution in [3.8, 4) is 11.5 Å². The van der Waals surface area contributed by atoms with Crippen molar-refractivity contribution in [2.75, 3.05) is 17.8 Å². The Bertz CT molecular complexity index is 1410. The second-order valence-electron chi connectivity index (χ2n) is 9.89. The third-order valence-electron chi connectivity index (χ3n) is 6.70. The Morgan fingerprint density at radius 1 is 0.950 bits per heavy atom. The van der Waals surface area contributed by atoms with Gasteiger partial charge in [-0.05, 0) is 73.8 Å². The first-order chi connectivity index (χ1) is 19.4. The fourth-order valence-electron chi connectivity index (χ4n) is 4.36. The highest BCUT2D eigenvalue weighted by Gasteiger charge is 2.15. The van der Waals surface area contributed by atoms with E-state index in [0.717, 1.165) is 41.6 Å². The number of sulfonamides is 1. The number of unbranched alkanes of at least 4 members (excludes halogenated alkanes) is 4. The molecule has 0 fully saturated rings. The molecule has 0 aliphatic carbocycles. The number of oxazole rings is 1. The number of aliphatic hydroxyl groups is 1. The Hall–Kier alpha value is -3.53. The molecule has 2 aromatic carbocycles. The zero-order chi connectivity index (χ0) is 28.2. The highest BCUT2D eigenvalue weighted by atomic mass is 32.2. The van der Waals surface area contributed by atoms with Crippen LogP contribution in [0.3, 0.4) is 0 Å². The van der Waals surface area contributed by atoms with Crippen molar-refractivity contribution in [3.63, 3.8) is 0 Å². The van der Waals surface area contributed by atoms with E-state index >= 15 is 0 Å². The van der Waals surface area contributed by atoms with Crippen molar-refractivity contribution in [3.05, 3.63) is 96.1 Å². The highest BCUT2D eigenvalue weighted by molar-refractivity contribution is 7.92. The molecule has 0 radical (unpaired) electrons. The molecule has 3 N–H and O–H groups in total. The normalized spacial score (nSPS) is 12.3. The number of nitrogens with one attached hydrogen (secondary N) is 2. The van der Waals surface area contributed by atoms with Crippen LogP contribution in [-0.4, -0.2) is 36.6 Å². The number of pyridine rings is 1. The monoisotopic (exact) mass is 562 g/mol. The van der Waals surface area contributed by atoms with Crippen LogP contribution in [0.2, 0.25) is 0 Å². The van der Waals surface area contributed by atoms with Crippen LogP contribution in [-0.2, 0) is 22.9 Å². The average molecular weight is 563 g/mol. The van der Waals surface area contributed by atoms with Gasteiger partial charge in [0.05, 0.1) is 16.7 Å². The molecule has 2 heterocycles. The molecular formula is C31H38N4O4S. The largest absolute Gasteiger partial charge is 0.444 e. The number of hydrogen-bond acceptors (Lipinski definition) is 7. The first-order valence-electron chi connectivity index (χ1n) is 13.9. The van der Waals surface area contributed by atoms with Gasteiger partial charge in [-0.2, -0.15) is 0 Å². The summed E-state index contributed by atoms with van der Waals surface area (Å²) in [4.78, 5) is 8.75. The summed E-state index contributed by atoms with van der Waals surface area (Å²) in [6.45, 7) is 3.31. The van der Waals surface area contributed by atoms with Crippen LogP contribution in [0.4, 0.5) is 5.69 Å². The average Bonchev–Trinajstić information content (AvgIpc) is 3.45. The maximum atomic E-state index is 12.9. The molecule has 9 heteroatoms. The number of benzene rings is 2. The number of aryl methyl sites for hydroxylation is 1. The Kier molecular flexibility index (Phi) is 10.9. The van der Waals surface area contributed by atoms with Crippen LogP contribution < -0.4 is 10.0 Å². The lowest BCUT2D eigenvalue weighted by Gasteiger charge is -2.12. The smallest absolute Gasteiger partial charge is 0.261 e. The van der Waals surface area contributed by atoms with Gasteiger partial charge in [-0.15, -0.1) is 0 Å². The third-order valence-corrected chi connectivity index (χ3v) is 8.10. The molecule has 4 rings (SSSR count). The van der Waals surface area contributed by atoms with Gasteiger partial charge in [-0.25, -0.2) is 13.4 Å². The minimum atomic E-state index is -3.74. The summed E-state index contributed by atoms with van der Waals surface area (Å²) in [5.74, 6) is 0.497. The lowest BCUT2D eigenvalue weighted by molar-refractivity contribution is 0.174. The van der Waals surface area contributed by atoms with E-state index in [1.165, 1.54) is 25.7 Å². The van der Waals surface area contributed by atoms with E-state index in [-0.39, 0.29) is 4.90 Å². The molecule has 0 saturated heterocycles. The third kappa shape index (κ3) is 8.74. The van der Waals surface area contributed by atoms with Crippen LogP contribution in [0.5, 0.6) is 0 Å². The van der Waals surface area contributed by atoms with E-state index in [1.54, 1.807) is 61.1 Å². The molecule has 0 aliphatic rings. The van der Waals surface area contributed by atoms with Crippen LogP contribution in [0.25, 0.3) is 11.5 Å².